The van der Waals surface area contributed by atoms with Gasteiger partial charge in [0, 0.05) is 17.5 Å². The molecule has 80 valence electrons. The molecule has 0 aromatic carbocycles. The van der Waals surface area contributed by atoms with Gasteiger partial charge in [-0.05, 0) is 27.2 Å². The van der Waals surface area contributed by atoms with Crippen LogP contribution < -0.4 is 5.32 Å². The predicted octanol–water partition coefficient (Wildman–Crippen LogP) is 1.32. The monoisotopic (exact) mass is 199 g/mol. The molecule has 0 unspecified atom stereocenters. The molecule has 0 bridgehead atoms. The van der Waals surface area contributed by atoms with Crippen LogP contribution in [0.5, 0.6) is 0 Å². The van der Waals surface area contributed by atoms with E-state index >= 15 is 0 Å². The average molecular weight is 199 g/mol. The number of hydrogen-bond acceptors (Lipinski definition) is 2. The molecule has 0 rings (SSSR count). The quantitative estimate of drug-likeness (QED) is 0.656. The minimum atomic E-state index is -0.859. The van der Waals surface area contributed by atoms with Gasteiger partial charge in [-0.1, -0.05) is 6.58 Å². The molecule has 0 aliphatic heterocycles. The van der Waals surface area contributed by atoms with Crippen LogP contribution in [-0.2, 0) is 9.59 Å². The normalized spacial score (nSPS) is 10.8. The van der Waals surface area contributed by atoms with Crippen molar-refractivity contribution in [3.8, 4) is 0 Å². The van der Waals surface area contributed by atoms with E-state index in [-0.39, 0.29) is 12.3 Å². The number of carbonyl (C=O) groups excluding carboxylic acids is 1. The summed E-state index contributed by atoms with van der Waals surface area (Å²) in [7, 11) is 0. The van der Waals surface area contributed by atoms with Gasteiger partial charge in [-0.25, -0.2) is 0 Å². The minimum absolute atomic E-state index is 0.0451. The number of carboxylic acid groups (broad SMARTS) is 1. The molecule has 4 nitrogen and oxygen atoms in total. The standard InChI is InChI=1S/C10H17NO3/c1-7(2)9(14)11-10(3,4)6-5-8(12)13/h1,5-6H2,2-4H3,(H,11,14)(H,12,13). The number of nitrogens with one attached hydrogen (secondary N) is 1. The lowest BCUT2D eigenvalue weighted by Crippen LogP contribution is -2.43. The molecule has 0 saturated heterocycles. The molecule has 0 aromatic heterocycles. The van der Waals surface area contributed by atoms with E-state index in [1.807, 2.05) is 0 Å². The van der Waals surface area contributed by atoms with Crippen LogP contribution in [0.15, 0.2) is 12.2 Å². The Morgan fingerprint density at radius 2 is 1.93 bits per heavy atom. The summed E-state index contributed by atoms with van der Waals surface area (Å²) >= 11 is 0. The van der Waals surface area contributed by atoms with Gasteiger partial charge in [0.1, 0.15) is 0 Å². The second kappa shape index (κ2) is 4.79. The zero-order valence-electron chi connectivity index (χ0n) is 8.89. The Kier molecular flexibility index (Phi) is 4.34. The van der Waals surface area contributed by atoms with Crippen LogP contribution in [0.4, 0.5) is 0 Å². The van der Waals surface area contributed by atoms with Crippen molar-refractivity contribution in [3.05, 3.63) is 12.2 Å². The molecular formula is C10H17NO3. The van der Waals surface area contributed by atoms with Gasteiger partial charge in [-0.2, -0.15) is 0 Å². The topological polar surface area (TPSA) is 66.4 Å². The van der Waals surface area contributed by atoms with E-state index in [1.54, 1.807) is 20.8 Å². The highest BCUT2D eigenvalue weighted by Gasteiger charge is 2.21. The Balaban J connectivity index is 4.13. The van der Waals surface area contributed by atoms with Crippen molar-refractivity contribution in [1.82, 2.24) is 5.32 Å². The third-order valence-corrected chi connectivity index (χ3v) is 1.80. The Hall–Kier alpha value is -1.32. The molecule has 0 spiro atoms. The lowest BCUT2D eigenvalue weighted by Gasteiger charge is -2.25. The molecule has 0 aromatic rings. The number of carboxylic acids is 1. The van der Waals surface area contributed by atoms with Crippen LogP contribution >= 0.6 is 0 Å². The fourth-order valence-electron chi connectivity index (χ4n) is 0.896. The third kappa shape index (κ3) is 5.35. The first-order valence-electron chi connectivity index (χ1n) is 4.44. The van der Waals surface area contributed by atoms with Crippen LogP contribution in [0, 0.1) is 0 Å². The molecule has 1 amide bonds. The fraction of sp³-hybridized carbons (Fsp3) is 0.600. The highest BCUT2D eigenvalue weighted by molar-refractivity contribution is 5.92. The highest BCUT2D eigenvalue weighted by Crippen LogP contribution is 2.11. The van der Waals surface area contributed by atoms with Gasteiger partial charge < -0.3 is 10.4 Å². The van der Waals surface area contributed by atoms with Gasteiger partial charge in [0.15, 0.2) is 0 Å². The first-order chi connectivity index (χ1) is 6.24. The van der Waals surface area contributed by atoms with E-state index in [0.717, 1.165) is 0 Å². The van der Waals surface area contributed by atoms with Crippen molar-refractivity contribution < 1.29 is 14.7 Å². The molecule has 0 heterocycles. The number of rotatable bonds is 5. The summed E-state index contributed by atoms with van der Waals surface area (Å²) < 4.78 is 0. The summed E-state index contributed by atoms with van der Waals surface area (Å²) in [6, 6.07) is 0. The molecular weight excluding hydrogens is 182 g/mol. The molecule has 14 heavy (non-hydrogen) atoms. The first-order valence-corrected chi connectivity index (χ1v) is 4.44. The van der Waals surface area contributed by atoms with Crippen molar-refractivity contribution >= 4 is 11.9 Å². The van der Waals surface area contributed by atoms with E-state index in [2.05, 4.69) is 11.9 Å². The van der Waals surface area contributed by atoms with Crippen LogP contribution in [0.25, 0.3) is 0 Å². The van der Waals surface area contributed by atoms with Gasteiger partial charge in [-0.15, -0.1) is 0 Å². The van der Waals surface area contributed by atoms with Crippen molar-refractivity contribution in [3.63, 3.8) is 0 Å². The first kappa shape index (κ1) is 12.7. The largest absolute Gasteiger partial charge is 0.481 e. The van der Waals surface area contributed by atoms with Gasteiger partial charge in [0.2, 0.25) is 5.91 Å². The number of carbonyl (C=O) groups is 2. The Labute approximate surface area is 84.0 Å². The van der Waals surface area contributed by atoms with Crippen molar-refractivity contribution in [2.75, 3.05) is 0 Å². The van der Waals surface area contributed by atoms with Crippen molar-refractivity contribution in [1.29, 1.82) is 0 Å². The molecule has 0 fully saturated rings. The summed E-state index contributed by atoms with van der Waals surface area (Å²) in [5, 5.41) is 11.2. The zero-order valence-corrected chi connectivity index (χ0v) is 8.89. The maximum Gasteiger partial charge on any atom is 0.303 e. The SMILES string of the molecule is C=C(C)C(=O)NC(C)(C)CCC(=O)O. The van der Waals surface area contributed by atoms with Crippen LogP contribution in [0.3, 0.4) is 0 Å². The smallest absolute Gasteiger partial charge is 0.303 e. The van der Waals surface area contributed by atoms with Crippen molar-refractivity contribution in [2.45, 2.75) is 39.2 Å². The van der Waals surface area contributed by atoms with Crippen LogP contribution in [0.1, 0.15) is 33.6 Å². The van der Waals surface area contributed by atoms with Gasteiger partial charge in [-0.3, -0.25) is 9.59 Å². The Bertz CT molecular complexity index is 256. The zero-order chi connectivity index (χ0) is 11.4. The van der Waals surface area contributed by atoms with Gasteiger partial charge >= 0.3 is 5.97 Å². The van der Waals surface area contributed by atoms with E-state index in [4.69, 9.17) is 5.11 Å². The summed E-state index contributed by atoms with van der Waals surface area (Å²) in [6.45, 7) is 8.70. The third-order valence-electron chi connectivity index (χ3n) is 1.80. The molecule has 0 atom stereocenters. The van der Waals surface area contributed by atoms with Gasteiger partial charge in [0.25, 0.3) is 0 Å². The summed E-state index contributed by atoms with van der Waals surface area (Å²) in [5.74, 6) is -1.09. The number of amides is 1. The number of hydrogen-bond donors (Lipinski definition) is 2. The molecule has 4 heteroatoms. The van der Waals surface area contributed by atoms with Crippen LogP contribution in [0.2, 0.25) is 0 Å². The maximum atomic E-state index is 11.2. The molecule has 0 aliphatic carbocycles. The molecule has 2 N–H and O–H groups in total. The second-order valence-corrected chi connectivity index (χ2v) is 4.01. The summed E-state index contributed by atoms with van der Waals surface area (Å²) in [6.07, 6.45) is 0.449. The predicted molar refractivity (Wildman–Crippen MR) is 53.9 cm³/mol. The average Bonchev–Trinajstić information content (AvgIpc) is 2.00. The van der Waals surface area contributed by atoms with Crippen molar-refractivity contribution in [2.24, 2.45) is 0 Å². The lowest BCUT2D eigenvalue weighted by molar-refractivity contribution is -0.137. The Morgan fingerprint density at radius 3 is 2.29 bits per heavy atom. The minimum Gasteiger partial charge on any atom is -0.481 e. The fourth-order valence-corrected chi connectivity index (χ4v) is 0.896. The molecule has 0 saturated carbocycles. The lowest BCUT2D eigenvalue weighted by atomic mass is 9.98. The molecule has 0 radical (unpaired) electrons. The second-order valence-electron chi connectivity index (χ2n) is 4.01. The van der Waals surface area contributed by atoms with E-state index in [0.29, 0.717) is 12.0 Å². The van der Waals surface area contributed by atoms with Crippen LogP contribution in [-0.4, -0.2) is 22.5 Å². The number of aliphatic carboxylic acids is 1. The molecule has 0 aliphatic rings. The maximum absolute atomic E-state index is 11.2. The Morgan fingerprint density at radius 1 is 1.43 bits per heavy atom. The summed E-state index contributed by atoms with van der Waals surface area (Å²) in [5.41, 5.74) is -0.0811. The van der Waals surface area contributed by atoms with Gasteiger partial charge in [0.05, 0.1) is 0 Å². The summed E-state index contributed by atoms with van der Waals surface area (Å²) in [4.78, 5) is 21.6. The van der Waals surface area contributed by atoms with E-state index in [1.165, 1.54) is 0 Å². The highest BCUT2D eigenvalue weighted by atomic mass is 16.4. The van der Waals surface area contributed by atoms with E-state index in [9.17, 15) is 9.59 Å². The van der Waals surface area contributed by atoms with E-state index < -0.39 is 11.5 Å².